The van der Waals surface area contributed by atoms with Gasteiger partial charge in [0.2, 0.25) is 11.8 Å². The van der Waals surface area contributed by atoms with E-state index >= 15 is 0 Å². The van der Waals surface area contributed by atoms with Crippen LogP contribution in [0.3, 0.4) is 0 Å². The molecule has 1 saturated heterocycles. The van der Waals surface area contributed by atoms with Crippen LogP contribution < -0.4 is 5.32 Å². The van der Waals surface area contributed by atoms with Gasteiger partial charge in [-0.15, -0.1) is 0 Å². The highest BCUT2D eigenvalue weighted by molar-refractivity contribution is 6.31. The quantitative estimate of drug-likeness (QED) is 0.928. The first-order chi connectivity index (χ1) is 9.92. The third-order valence-electron chi connectivity index (χ3n) is 3.82. The Bertz CT molecular complexity index is 565. The third-order valence-corrected chi connectivity index (χ3v) is 4.17. The van der Waals surface area contributed by atoms with Gasteiger partial charge in [0, 0.05) is 11.6 Å². The molecule has 0 aromatic heterocycles. The first kappa shape index (κ1) is 15.8. The standard InChI is InChI=1S/C15H18ClFN2O2/c1-3-9(2)14-15(21)19(8-13(20)18-14)7-10-4-5-11(17)6-12(10)16/h4-6,9,14H,3,7-8H2,1-2H3,(H,18,20). The van der Waals surface area contributed by atoms with Crippen LogP contribution >= 0.6 is 11.6 Å². The highest BCUT2D eigenvalue weighted by atomic mass is 35.5. The van der Waals surface area contributed by atoms with E-state index in [2.05, 4.69) is 5.32 Å². The van der Waals surface area contributed by atoms with Crippen molar-refractivity contribution >= 4 is 23.4 Å². The van der Waals surface area contributed by atoms with Crippen LogP contribution in [0.15, 0.2) is 18.2 Å². The maximum Gasteiger partial charge on any atom is 0.246 e. The van der Waals surface area contributed by atoms with Crippen LogP contribution in [0.2, 0.25) is 5.02 Å². The molecule has 1 aromatic rings. The SMILES string of the molecule is CCC(C)C1NC(=O)CN(Cc2ccc(F)cc2Cl)C1=O. The zero-order chi connectivity index (χ0) is 15.6. The Morgan fingerprint density at radius 1 is 1.48 bits per heavy atom. The summed E-state index contributed by atoms with van der Waals surface area (Å²) in [5.41, 5.74) is 0.629. The lowest BCUT2D eigenvalue weighted by Crippen LogP contribution is -2.59. The van der Waals surface area contributed by atoms with E-state index in [1.807, 2.05) is 13.8 Å². The number of nitrogens with zero attached hydrogens (tertiary/aromatic N) is 1. The minimum Gasteiger partial charge on any atom is -0.342 e. The average Bonchev–Trinajstić information content (AvgIpc) is 2.44. The van der Waals surface area contributed by atoms with Crippen LogP contribution in [0, 0.1) is 11.7 Å². The normalized spacial score (nSPS) is 20.4. The summed E-state index contributed by atoms with van der Waals surface area (Å²) >= 11 is 5.98. The number of amides is 2. The molecule has 2 unspecified atom stereocenters. The molecule has 1 N–H and O–H groups in total. The number of carbonyl (C=O) groups excluding carboxylic acids is 2. The molecular weight excluding hydrogens is 295 g/mol. The number of nitrogens with one attached hydrogen (secondary N) is 1. The number of benzene rings is 1. The first-order valence-electron chi connectivity index (χ1n) is 6.94. The smallest absolute Gasteiger partial charge is 0.246 e. The first-order valence-corrected chi connectivity index (χ1v) is 7.32. The molecular formula is C15H18ClFN2O2. The van der Waals surface area contributed by atoms with Crippen molar-refractivity contribution in [2.24, 2.45) is 5.92 Å². The number of rotatable bonds is 4. The van der Waals surface area contributed by atoms with Gasteiger partial charge in [0.05, 0.1) is 6.54 Å². The summed E-state index contributed by atoms with van der Waals surface area (Å²) in [7, 11) is 0. The molecule has 1 aliphatic rings. The van der Waals surface area contributed by atoms with Crippen molar-refractivity contribution in [3.8, 4) is 0 Å². The molecule has 0 saturated carbocycles. The molecule has 1 aliphatic heterocycles. The molecule has 1 fully saturated rings. The van der Waals surface area contributed by atoms with Crippen LogP contribution in [0.5, 0.6) is 0 Å². The Labute approximate surface area is 128 Å². The summed E-state index contributed by atoms with van der Waals surface area (Å²) in [6.07, 6.45) is 0.793. The topological polar surface area (TPSA) is 49.4 Å². The minimum atomic E-state index is -0.504. The van der Waals surface area contributed by atoms with Gasteiger partial charge in [0.1, 0.15) is 11.9 Å². The van der Waals surface area contributed by atoms with Crippen molar-refractivity contribution in [3.63, 3.8) is 0 Å². The van der Waals surface area contributed by atoms with E-state index in [-0.39, 0.29) is 35.8 Å². The summed E-state index contributed by atoms with van der Waals surface area (Å²) in [5, 5.41) is 2.99. The molecule has 1 aromatic carbocycles. The van der Waals surface area contributed by atoms with Gasteiger partial charge in [-0.25, -0.2) is 4.39 Å². The molecule has 6 heteroatoms. The van der Waals surface area contributed by atoms with Crippen LogP contribution in [0.1, 0.15) is 25.8 Å². The Morgan fingerprint density at radius 2 is 2.19 bits per heavy atom. The van der Waals surface area contributed by atoms with Gasteiger partial charge < -0.3 is 10.2 Å². The second-order valence-electron chi connectivity index (χ2n) is 5.36. The molecule has 0 aliphatic carbocycles. The van der Waals surface area contributed by atoms with Gasteiger partial charge in [-0.1, -0.05) is 37.9 Å². The summed E-state index contributed by atoms with van der Waals surface area (Å²) < 4.78 is 13.0. The number of piperazine rings is 1. The Kier molecular flexibility index (Phi) is 4.83. The van der Waals surface area contributed by atoms with Crippen LogP contribution in [-0.4, -0.2) is 29.3 Å². The lowest BCUT2D eigenvalue weighted by Gasteiger charge is -2.35. The fourth-order valence-corrected chi connectivity index (χ4v) is 2.57. The zero-order valence-corrected chi connectivity index (χ0v) is 12.8. The maximum absolute atomic E-state index is 13.0. The molecule has 2 amide bonds. The van der Waals surface area contributed by atoms with E-state index in [1.165, 1.54) is 23.1 Å². The van der Waals surface area contributed by atoms with Crippen molar-refractivity contribution in [2.45, 2.75) is 32.9 Å². The van der Waals surface area contributed by atoms with Gasteiger partial charge in [0.15, 0.2) is 0 Å². The number of hydrogen-bond donors (Lipinski definition) is 1. The van der Waals surface area contributed by atoms with Crippen LogP contribution in [-0.2, 0) is 16.1 Å². The van der Waals surface area contributed by atoms with Crippen molar-refractivity contribution < 1.29 is 14.0 Å². The summed E-state index contributed by atoms with van der Waals surface area (Å²) in [4.78, 5) is 25.7. The predicted molar refractivity (Wildman–Crippen MR) is 78.2 cm³/mol. The summed E-state index contributed by atoms with van der Waals surface area (Å²) in [6, 6.07) is 3.53. The van der Waals surface area contributed by atoms with E-state index in [0.29, 0.717) is 5.56 Å². The van der Waals surface area contributed by atoms with Crippen LogP contribution in [0.25, 0.3) is 0 Å². The van der Waals surface area contributed by atoms with Gasteiger partial charge in [0.25, 0.3) is 0 Å². The van der Waals surface area contributed by atoms with Gasteiger partial charge in [-0.05, 0) is 23.6 Å². The fraction of sp³-hybridized carbons (Fsp3) is 0.467. The largest absolute Gasteiger partial charge is 0.342 e. The molecule has 4 nitrogen and oxygen atoms in total. The second-order valence-corrected chi connectivity index (χ2v) is 5.77. The minimum absolute atomic E-state index is 0.000523. The van der Waals surface area contributed by atoms with Crippen molar-refractivity contribution in [2.75, 3.05) is 6.54 Å². The highest BCUT2D eigenvalue weighted by Gasteiger charge is 2.35. The molecule has 0 spiro atoms. The van der Waals surface area contributed by atoms with Crippen LogP contribution in [0.4, 0.5) is 4.39 Å². The van der Waals surface area contributed by atoms with E-state index < -0.39 is 11.9 Å². The molecule has 0 bridgehead atoms. The number of halogens is 2. The number of hydrogen-bond acceptors (Lipinski definition) is 2. The molecule has 1 heterocycles. The third kappa shape index (κ3) is 3.53. The van der Waals surface area contributed by atoms with Crippen molar-refractivity contribution in [3.05, 3.63) is 34.6 Å². The maximum atomic E-state index is 13.0. The lowest BCUT2D eigenvalue weighted by molar-refractivity contribution is -0.146. The Balaban J connectivity index is 2.18. The van der Waals surface area contributed by atoms with E-state index in [0.717, 1.165) is 6.42 Å². The molecule has 2 atom stereocenters. The summed E-state index contributed by atoms with van der Waals surface area (Å²) in [6.45, 7) is 4.11. The zero-order valence-electron chi connectivity index (χ0n) is 12.0. The summed E-state index contributed by atoms with van der Waals surface area (Å²) in [5.74, 6) is -0.667. The van der Waals surface area contributed by atoms with Gasteiger partial charge in [-0.3, -0.25) is 9.59 Å². The van der Waals surface area contributed by atoms with E-state index in [1.54, 1.807) is 0 Å². The molecule has 21 heavy (non-hydrogen) atoms. The lowest BCUT2D eigenvalue weighted by atomic mass is 9.96. The van der Waals surface area contributed by atoms with Gasteiger partial charge in [-0.2, -0.15) is 0 Å². The monoisotopic (exact) mass is 312 g/mol. The molecule has 2 rings (SSSR count). The Morgan fingerprint density at radius 3 is 2.81 bits per heavy atom. The predicted octanol–water partition coefficient (Wildman–Crippen LogP) is 2.35. The fourth-order valence-electron chi connectivity index (χ4n) is 2.34. The van der Waals surface area contributed by atoms with Crippen molar-refractivity contribution in [1.29, 1.82) is 0 Å². The average molecular weight is 313 g/mol. The molecule has 114 valence electrons. The number of carbonyl (C=O) groups is 2. The van der Waals surface area contributed by atoms with Gasteiger partial charge >= 0.3 is 0 Å². The van der Waals surface area contributed by atoms with Crippen molar-refractivity contribution in [1.82, 2.24) is 10.2 Å². The van der Waals surface area contributed by atoms with E-state index in [4.69, 9.17) is 11.6 Å². The Hall–Kier alpha value is -1.62. The molecule has 0 radical (unpaired) electrons. The second kappa shape index (κ2) is 6.43. The highest BCUT2D eigenvalue weighted by Crippen LogP contribution is 2.21. The van der Waals surface area contributed by atoms with E-state index in [9.17, 15) is 14.0 Å².